The summed E-state index contributed by atoms with van der Waals surface area (Å²) in [7, 11) is 0. The molecule has 5 nitrogen and oxygen atoms in total. The summed E-state index contributed by atoms with van der Waals surface area (Å²) in [6.07, 6.45) is 0. The molecule has 0 amide bonds. The van der Waals surface area contributed by atoms with E-state index in [0.717, 1.165) is 0 Å². The maximum Gasteiger partial charge on any atom is 0.354 e. The van der Waals surface area contributed by atoms with Gasteiger partial charge >= 0.3 is 5.97 Å². The number of alkyl halides is 1. The van der Waals surface area contributed by atoms with E-state index < -0.39 is 12.6 Å². The van der Waals surface area contributed by atoms with Gasteiger partial charge < -0.3 is 15.0 Å². The van der Waals surface area contributed by atoms with Gasteiger partial charge in [0, 0.05) is 13.1 Å². The third kappa shape index (κ3) is 1.27. The van der Waals surface area contributed by atoms with Crippen molar-refractivity contribution < 1.29 is 14.3 Å². The Kier molecular flexibility index (Phi) is 2.20. The van der Waals surface area contributed by atoms with Gasteiger partial charge in [-0.15, -0.1) is 0 Å². The van der Waals surface area contributed by atoms with Crippen molar-refractivity contribution in [3.8, 4) is 0 Å². The van der Waals surface area contributed by atoms with Crippen molar-refractivity contribution in [2.75, 3.05) is 6.54 Å². The molecule has 0 bridgehead atoms. The van der Waals surface area contributed by atoms with Crippen LogP contribution < -0.4 is 5.32 Å². The number of hydrogen-bond acceptors (Lipinski definition) is 3. The number of carbonyl (C=O) groups is 1. The third-order valence-corrected chi connectivity index (χ3v) is 2.24. The maximum atomic E-state index is 12.5. The minimum atomic E-state index is -1.11. The number of nitrogens with zero attached hydrogens (tertiary/aromatic N) is 2. The van der Waals surface area contributed by atoms with Gasteiger partial charge in [0.2, 0.25) is 0 Å². The SMILES string of the molecule is O=C(O)c1c(CF)nc2n1CCNC2. The van der Waals surface area contributed by atoms with Gasteiger partial charge in [0.25, 0.3) is 0 Å². The van der Waals surface area contributed by atoms with Gasteiger partial charge in [0.15, 0.2) is 5.69 Å². The number of nitrogens with one attached hydrogen (secondary N) is 1. The molecule has 14 heavy (non-hydrogen) atoms. The Morgan fingerprint density at radius 3 is 3.14 bits per heavy atom. The highest BCUT2D eigenvalue weighted by Gasteiger charge is 2.23. The van der Waals surface area contributed by atoms with Crippen LogP contribution in [0.25, 0.3) is 0 Å². The molecule has 1 aliphatic heterocycles. The van der Waals surface area contributed by atoms with E-state index in [2.05, 4.69) is 10.3 Å². The first kappa shape index (κ1) is 9.14. The fourth-order valence-electron chi connectivity index (χ4n) is 1.65. The molecule has 2 rings (SSSR count). The quantitative estimate of drug-likeness (QED) is 0.711. The fraction of sp³-hybridized carbons (Fsp3) is 0.500. The van der Waals surface area contributed by atoms with E-state index in [1.807, 2.05) is 0 Å². The van der Waals surface area contributed by atoms with Crippen LogP contribution in [-0.4, -0.2) is 27.2 Å². The van der Waals surface area contributed by atoms with Crippen molar-refractivity contribution in [1.29, 1.82) is 0 Å². The van der Waals surface area contributed by atoms with Crippen LogP contribution in [0.2, 0.25) is 0 Å². The van der Waals surface area contributed by atoms with Crippen LogP contribution in [0.3, 0.4) is 0 Å². The van der Waals surface area contributed by atoms with E-state index in [4.69, 9.17) is 5.11 Å². The number of halogens is 1. The lowest BCUT2D eigenvalue weighted by Gasteiger charge is -2.15. The molecule has 2 heterocycles. The Bertz CT molecular complexity index is 375. The molecule has 0 saturated heterocycles. The van der Waals surface area contributed by atoms with Gasteiger partial charge in [0.1, 0.15) is 18.2 Å². The zero-order chi connectivity index (χ0) is 10.1. The molecule has 1 aromatic rings. The number of hydrogen-bond donors (Lipinski definition) is 2. The second-order valence-electron chi connectivity index (χ2n) is 3.09. The minimum Gasteiger partial charge on any atom is -0.477 e. The summed E-state index contributed by atoms with van der Waals surface area (Å²) < 4.78 is 14.0. The highest BCUT2D eigenvalue weighted by atomic mass is 19.1. The number of aromatic carboxylic acids is 1. The lowest BCUT2D eigenvalue weighted by molar-refractivity contribution is 0.0681. The first-order chi connectivity index (χ1) is 6.74. The number of rotatable bonds is 2. The standard InChI is InChI=1S/C8H10FN3O2/c9-3-5-7(8(13)14)12-2-1-10-4-6(12)11-5/h10H,1-4H2,(H,13,14). The van der Waals surface area contributed by atoms with Crippen LogP contribution in [0.1, 0.15) is 22.0 Å². The van der Waals surface area contributed by atoms with E-state index in [1.165, 1.54) is 0 Å². The number of fused-ring (bicyclic) bond motifs is 1. The monoisotopic (exact) mass is 199 g/mol. The summed E-state index contributed by atoms with van der Waals surface area (Å²) in [4.78, 5) is 14.8. The van der Waals surface area contributed by atoms with Gasteiger partial charge in [-0.2, -0.15) is 0 Å². The first-order valence-electron chi connectivity index (χ1n) is 4.32. The van der Waals surface area contributed by atoms with Crippen LogP contribution in [0, 0.1) is 0 Å². The molecule has 0 atom stereocenters. The molecule has 1 aliphatic rings. The van der Waals surface area contributed by atoms with E-state index >= 15 is 0 Å². The van der Waals surface area contributed by atoms with Crippen molar-refractivity contribution in [1.82, 2.24) is 14.9 Å². The summed E-state index contributed by atoms with van der Waals surface area (Å²) in [6, 6.07) is 0. The summed E-state index contributed by atoms with van der Waals surface area (Å²) in [5, 5.41) is 11.9. The Hall–Kier alpha value is -1.43. The molecular formula is C8H10FN3O2. The topological polar surface area (TPSA) is 67.1 Å². The number of carboxylic acid groups (broad SMARTS) is 1. The Balaban J connectivity index is 2.53. The van der Waals surface area contributed by atoms with Gasteiger partial charge in [-0.1, -0.05) is 0 Å². The van der Waals surface area contributed by atoms with Gasteiger partial charge in [-0.25, -0.2) is 14.2 Å². The number of imidazole rings is 1. The van der Waals surface area contributed by atoms with E-state index in [9.17, 15) is 9.18 Å². The summed E-state index contributed by atoms with van der Waals surface area (Å²) in [5.74, 6) is -0.514. The number of carboxylic acids is 1. The van der Waals surface area contributed by atoms with Crippen LogP contribution in [-0.2, 0) is 19.8 Å². The molecule has 0 aromatic carbocycles. The highest BCUT2D eigenvalue weighted by Crippen LogP contribution is 2.15. The first-order valence-corrected chi connectivity index (χ1v) is 4.32. The van der Waals surface area contributed by atoms with E-state index in [-0.39, 0.29) is 11.4 Å². The molecule has 76 valence electrons. The lowest BCUT2D eigenvalue weighted by Crippen LogP contribution is -2.29. The Labute approximate surface area is 79.6 Å². The van der Waals surface area contributed by atoms with Crippen molar-refractivity contribution in [3.63, 3.8) is 0 Å². The third-order valence-electron chi connectivity index (χ3n) is 2.24. The van der Waals surface area contributed by atoms with Gasteiger partial charge in [-0.05, 0) is 0 Å². The number of aromatic nitrogens is 2. The second kappa shape index (κ2) is 3.38. The van der Waals surface area contributed by atoms with Crippen LogP contribution >= 0.6 is 0 Å². The summed E-state index contributed by atoms with van der Waals surface area (Å²) in [6.45, 7) is 0.890. The molecule has 6 heteroatoms. The van der Waals surface area contributed by atoms with Crippen LogP contribution in [0.15, 0.2) is 0 Å². The molecule has 2 N–H and O–H groups in total. The predicted octanol–water partition coefficient (Wildman–Crippen LogP) is 0.154. The molecule has 1 aromatic heterocycles. The normalized spacial score (nSPS) is 15.2. The largest absolute Gasteiger partial charge is 0.477 e. The zero-order valence-corrected chi connectivity index (χ0v) is 7.46. The smallest absolute Gasteiger partial charge is 0.354 e. The predicted molar refractivity (Wildman–Crippen MR) is 45.7 cm³/mol. The average molecular weight is 199 g/mol. The Morgan fingerprint density at radius 1 is 1.71 bits per heavy atom. The minimum absolute atomic E-state index is 0.0102. The molecule has 0 radical (unpaired) electrons. The van der Waals surface area contributed by atoms with Crippen molar-refractivity contribution in [2.45, 2.75) is 19.8 Å². The van der Waals surface area contributed by atoms with E-state index in [1.54, 1.807) is 4.57 Å². The molecule has 0 fully saturated rings. The van der Waals surface area contributed by atoms with Crippen molar-refractivity contribution in [3.05, 3.63) is 17.2 Å². The zero-order valence-electron chi connectivity index (χ0n) is 7.46. The maximum absolute atomic E-state index is 12.5. The van der Waals surface area contributed by atoms with Crippen molar-refractivity contribution >= 4 is 5.97 Å². The van der Waals surface area contributed by atoms with Crippen molar-refractivity contribution in [2.24, 2.45) is 0 Å². The van der Waals surface area contributed by atoms with Gasteiger partial charge in [0.05, 0.1) is 6.54 Å². The molecular weight excluding hydrogens is 189 g/mol. The summed E-state index contributed by atoms with van der Waals surface area (Å²) in [5.41, 5.74) is 0.0141. The molecule has 0 saturated carbocycles. The average Bonchev–Trinajstić information content (AvgIpc) is 2.55. The molecule has 0 aliphatic carbocycles. The summed E-state index contributed by atoms with van der Waals surface area (Å²) >= 11 is 0. The Morgan fingerprint density at radius 2 is 2.50 bits per heavy atom. The van der Waals surface area contributed by atoms with Crippen LogP contribution in [0.4, 0.5) is 4.39 Å². The molecule has 0 unspecified atom stereocenters. The molecule has 0 spiro atoms. The second-order valence-corrected chi connectivity index (χ2v) is 3.09. The highest BCUT2D eigenvalue weighted by molar-refractivity contribution is 5.87. The van der Waals surface area contributed by atoms with Crippen LogP contribution in [0.5, 0.6) is 0 Å². The van der Waals surface area contributed by atoms with E-state index in [0.29, 0.717) is 25.5 Å². The lowest BCUT2D eigenvalue weighted by atomic mass is 10.3. The fourth-order valence-corrected chi connectivity index (χ4v) is 1.65. The van der Waals surface area contributed by atoms with Gasteiger partial charge in [-0.3, -0.25) is 0 Å².